The van der Waals surface area contributed by atoms with Crippen LogP contribution >= 0.6 is 0 Å². The summed E-state index contributed by atoms with van der Waals surface area (Å²) in [6.07, 6.45) is 0. The van der Waals surface area contributed by atoms with Crippen LogP contribution in [0.5, 0.6) is 0 Å². The van der Waals surface area contributed by atoms with Gasteiger partial charge in [-0.25, -0.2) is 4.98 Å². The molecular formula is C16H17N5O. The van der Waals surface area contributed by atoms with Gasteiger partial charge in [0.2, 0.25) is 5.95 Å². The first-order valence-corrected chi connectivity index (χ1v) is 7.03. The maximum atomic E-state index is 5.03. The minimum atomic E-state index is 0.576. The third-order valence-corrected chi connectivity index (χ3v) is 3.03. The Morgan fingerprint density at radius 2 is 1.82 bits per heavy atom. The molecule has 0 atom stereocenters. The number of benzene rings is 1. The lowest BCUT2D eigenvalue weighted by Crippen LogP contribution is -2.06. The second kappa shape index (κ2) is 6.26. The number of rotatable bonds is 5. The average molecular weight is 295 g/mol. The number of aromatic nitrogens is 3. The molecule has 112 valence electrons. The number of anilines is 3. The normalized spacial score (nSPS) is 10.5. The van der Waals surface area contributed by atoms with Crippen molar-refractivity contribution in [1.82, 2.24) is 15.1 Å². The predicted octanol–water partition coefficient (Wildman–Crippen LogP) is 3.44. The molecule has 0 amide bonds. The lowest BCUT2D eigenvalue weighted by molar-refractivity contribution is 0.400. The summed E-state index contributed by atoms with van der Waals surface area (Å²) in [6, 6.07) is 13.8. The fourth-order valence-electron chi connectivity index (χ4n) is 2.05. The van der Waals surface area contributed by atoms with Crippen molar-refractivity contribution in [3.63, 3.8) is 0 Å². The van der Waals surface area contributed by atoms with Gasteiger partial charge in [-0.3, -0.25) is 0 Å². The van der Waals surface area contributed by atoms with Crippen LogP contribution in [0.1, 0.15) is 17.0 Å². The predicted molar refractivity (Wildman–Crippen MR) is 85.1 cm³/mol. The van der Waals surface area contributed by atoms with Crippen molar-refractivity contribution in [3.8, 4) is 0 Å². The molecule has 3 aromatic rings. The Kier molecular flexibility index (Phi) is 4.00. The van der Waals surface area contributed by atoms with Crippen LogP contribution in [0.25, 0.3) is 0 Å². The van der Waals surface area contributed by atoms with Gasteiger partial charge in [0.15, 0.2) is 5.82 Å². The van der Waals surface area contributed by atoms with Crippen molar-refractivity contribution in [2.24, 2.45) is 0 Å². The van der Waals surface area contributed by atoms with E-state index in [9.17, 15) is 0 Å². The molecule has 0 fully saturated rings. The molecule has 0 spiro atoms. The van der Waals surface area contributed by atoms with Crippen molar-refractivity contribution in [2.45, 2.75) is 20.4 Å². The first kappa shape index (κ1) is 14.1. The topological polar surface area (TPSA) is 75.9 Å². The molecule has 6 nitrogen and oxygen atoms in total. The highest BCUT2D eigenvalue weighted by atomic mass is 16.5. The summed E-state index contributed by atoms with van der Waals surface area (Å²) in [5, 5.41) is 10.2. The quantitative estimate of drug-likeness (QED) is 0.751. The highest BCUT2D eigenvalue weighted by Gasteiger charge is 2.05. The summed E-state index contributed by atoms with van der Waals surface area (Å²) in [4.78, 5) is 8.83. The van der Waals surface area contributed by atoms with E-state index < -0.39 is 0 Å². The smallest absolute Gasteiger partial charge is 0.225 e. The zero-order valence-electron chi connectivity index (χ0n) is 12.5. The Morgan fingerprint density at radius 1 is 1.00 bits per heavy atom. The summed E-state index contributed by atoms with van der Waals surface area (Å²) < 4.78 is 5.03. The van der Waals surface area contributed by atoms with Crippen molar-refractivity contribution in [1.29, 1.82) is 0 Å². The second-order valence-corrected chi connectivity index (χ2v) is 5.01. The molecular weight excluding hydrogens is 278 g/mol. The molecule has 22 heavy (non-hydrogen) atoms. The van der Waals surface area contributed by atoms with Crippen molar-refractivity contribution in [3.05, 3.63) is 59.5 Å². The molecule has 2 N–H and O–H groups in total. The molecule has 0 saturated heterocycles. The molecule has 0 aliphatic carbocycles. The first-order valence-electron chi connectivity index (χ1n) is 7.03. The van der Waals surface area contributed by atoms with Gasteiger partial charge in [0.1, 0.15) is 11.6 Å². The largest absolute Gasteiger partial charge is 0.360 e. The van der Waals surface area contributed by atoms with Gasteiger partial charge in [0, 0.05) is 24.4 Å². The zero-order chi connectivity index (χ0) is 15.4. The minimum absolute atomic E-state index is 0.576. The van der Waals surface area contributed by atoms with E-state index in [2.05, 4.69) is 37.9 Å². The third-order valence-electron chi connectivity index (χ3n) is 3.03. The minimum Gasteiger partial charge on any atom is -0.360 e. The van der Waals surface area contributed by atoms with Gasteiger partial charge in [0.25, 0.3) is 0 Å². The van der Waals surface area contributed by atoms with Gasteiger partial charge in [-0.1, -0.05) is 35.5 Å². The SMILES string of the molecule is Cc1cc(Nc2cc(C)on2)nc(NCc2ccccc2)n1. The summed E-state index contributed by atoms with van der Waals surface area (Å²) in [6.45, 7) is 4.44. The van der Waals surface area contributed by atoms with E-state index in [1.165, 1.54) is 5.56 Å². The van der Waals surface area contributed by atoms with Crippen LogP contribution in [0.4, 0.5) is 17.6 Å². The van der Waals surface area contributed by atoms with Crippen LogP contribution in [0.3, 0.4) is 0 Å². The Bertz CT molecular complexity index is 754. The number of nitrogens with zero attached hydrogens (tertiary/aromatic N) is 3. The van der Waals surface area contributed by atoms with E-state index >= 15 is 0 Å². The van der Waals surface area contributed by atoms with Gasteiger partial charge >= 0.3 is 0 Å². The molecule has 3 rings (SSSR count). The molecule has 2 aromatic heterocycles. The van der Waals surface area contributed by atoms with E-state index in [0.717, 1.165) is 11.5 Å². The molecule has 0 saturated carbocycles. The highest BCUT2D eigenvalue weighted by Crippen LogP contribution is 2.16. The van der Waals surface area contributed by atoms with Gasteiger partial charge in [-0.2, -0.15) is 4.98 Å². The highest BCUT2D eigenvalue weighted by molar-refractivity contribution is 5.53. The van der Waals surface area contributed by atoms with Crippen molar-refractivity contribution in [2.75, 3.05) is 10.6 Å². The van der Waals surface area contributed by atoms with Crippen LogP contribution in [-0.4, -0.2) is 15.1 Å². The first-order chi connectivity index (χ1) is 10.7. The molecule has 0 radical (unpaired) electrons. The van der Waals surface area contributed by atoms with Gasteiger partial charge in [-0.15, -0.1) is 0 Å². The Hall–Kier alpha value is -2.89. The Labute approximate surface area is 128 Å². The lowest BCUT2D eigenvalue weighted by Gasteiger charge is -2.08. The molecule has 0 bridgehead atoms. The van der Waals surface area contributed by atoms with Gasteiger partial charge < -0.3 is 15.2 Å². The summed E-state index contributed by atoms with van der Waals surface area (Å²) in [5.74, 6) is 2.63. The molecule has 0 aliphatic rings. The fraction of sp³-hybridized carbons (Fsp3) is 0.188. The van der Waals surface area contributed by atoms with Crippen LogP contribution in [0.2, 0.25) is 0 Å². The van der Waals surface area contributed by atoms with E-state index in [1.54, 1.807) is 0 Å². The molecule has 0 unspecified atom stereocenters. The van der Waals surface area contributed by atoms with E-state index in [0.29, 0.717) is 24.1 Å². The van der Waals surface area contributed by atoms with Crippen LogP contribution in [0.15, 0.2) is 47.0 Å². The number of hydrogen-bond donors (Lipinski definition) is 2. The number of nitrogens with one attached hydrogen (secondary N) is 2. The third kappa shape index (κ3) is 3.60. The molecule has 6 heteroatoms. The van der Waals surface area contributed by atoms with Crippen LogP contribution in [-0.2, 0) is 6.54 Å². The zero-order valence-corrected chi connectivity index (χ0v) is 12.5. The Morgan fingerprint density at radius 3 is 2.55 bits per heavy atom. The van der Waals surface area contributed by atoms with E-state index in [-0.39, 0.29) is 0 Å². The number of hydrogen-bond acceptors (Lipinski definition) is 6. The molecule has 0 aliphatic heterocycles. The average Bonchev–Trinajstić information content (AvgIpc) is 2.91. The summed E-state index contributed by atoms with van der Waals surface area (Å²) in [7, 11) is 0. The standard InChI is InChI=1S/C16H17N5O/c1-11-8-14(19-15-9-12(2)22-21-15)20-16(18-11)17-10-13-6-4-3-5-7-13/h3-9H,10H2,1-2H3,(H2,17,18,19,20,21). The molecule has 2 heterocycles. The van der Waals surface area contributed by atoms with Crippen molar-refractivity contribution >= 4 is 17.6 Å². The summed E-state index contributed by atoms with van der Waals surface area (Å²) >= 11 is 0. The van der Waals surface area contributed by atoms with Crippen LogP contribution < -0.4 is 10.6 Å². The van der Waals surface area contributed by atoms with Gasteiger partial charge in [-0.05, 0) is 19.4 Å². The van der Waals surface area contributed by atoms with Gasteiger partial charge in [0.05, 0.1) is 0 Å². The lowest BCUT2D eigenvalue weighted by atomic mass is 10.2. The van der Waals surface area contributed by atoms with Crippen molar-refractivity contribution < 1.29 is 4.52 Å². The fourth-order valence-corrected chi connectivity index (χ4v) is 2.05. The second-order valence-electron chi connectivity index (χ2n) is 5.01. The van der Waals surface area contributed by atoms with E-state index in [4.69, 9.17) is 4.52 Å². The van der Waals surface area contributed by atoms with E-state index in [1.807, 2.05) is 44.2 Å². The Balaban J connectivity index is 1.72. The maximum absolute atomic E-state index is 5.03. The maximum Gasteiger partial charge on any atom is 0.225 e. The summed E-state index contributed by atoms with van der Waals surface area (Å²) in [5.41, 5.74) is 2.04. The monoisotopic (exact) mass is 295 g/mol. The molecule has 1 aromatic carbocycles. The number of aryl methyl sites for hydroxylation is 2. The van der Waals surface area contributed by atoms with Crippen LogP contribution in [0, 0.1) is 13.8 Å².